The molecule has 0 radical (unpaired) electrons. The highest BCUT2D eigenvalue weighted by molar-refractivity contribution is 14.1. The Morgan fingerprint density at radius 1 is 1.03 bits per heavy atom. The van der Waals surface area contributed by atoms with Gasteiger partial charge >= 0.3 is 0 Å². The fourth-order valence-electron chi connectivity index (χ4n) is 3.78. The van der Waals surface area contributed by atoms with E-state index in [0.717, 1.165) is 32.4 Å². The molecule has 0 spiro atoms. The van der Waals surface area contributed by atoms with Crippen molar-refractivity contribution < 1.29 is 9.53 Å². The molecule has 34 heavy (non-hydrogen) atoms. The van der Waals surface area contributed by atoms with Crippen LogP contribution in [-0.2, 0) is 11.4 Å². The van der Waals surface area contributed by atoms with Crippen LogP contribution in [0.4, 0.5) is 5.69 Å². The maximum absolute atomic E-state index is 13.1. The minimum absolute atomic E-state index is 0.102. The Hall–Kier alpha value is -2.83. The number of rotatable bonds is 6. The molecule has 4 rings (SSSR count). The van der Waals surface area contributed by atoms with Crippen LogP contribution in [0.2, 0.25) is 0 Å². The van der Waals surface area contributed by atoms with Crippen molar-refractivity contribution in [1.29, 1.82) is 5.26 Å². The van der Waals surface area contributed by atoms with Crippen LogP contribution in [0.5, 0.6) is 5.75 Å². The first-order valence-corrected chi connectivity index (χ1v) is 12.8. The highest BCUT2D eigenvalue weighted by Gasteiger charge is 2.24. The molecule has 1 heterocycles. The number of para-hydroxylation sites is 1. The van der Waals surface area contributed by atoms with Gasteiger partial charge in [-0.25, -0.2) is 0 Å². The van der Waals surface area contributed by atoms with E-state index in [1.165, 1.54) is 0 Å². The molecule has 0 N–H and O–H groups in total. The molecule has 1 fully saturated rings. The van der Waals surface area contributed by atoms with Crippen LogP contribution in [0.15, 0.2) is 82.8 Å². The minimum atomic E-state index is -0.251. The van der Waals surface area contributed by atoms with Gasteiger partial charge in [0.15, 0.2) is 0 Å². The Labute approximate surface area is 221 Å². The van der Waals surface area contributed by atoms with Gasteiger partial charge in [0.2, 0.25) is 0 Å². The van der Waals surface area contributed by atoms with E-state index in [-0.39, 0.29) is 11.5 Å². The molecule has 7 heteroatoms. The summed E-state index contributed by atoms with van der Waals surface area (Å²) in [5.74, 6) is 0.370. The van der Waals surface area contributed by atoms with Crippen molar-refractivity contribution in [3.63, 3.8) is 0 Å². The van der Waals surface area contributed by atoms with E-state index in [9.17, 15) is 10.1 Å². The third-order valence-electron chi connectivity index (χ3n) is 5.62. The molecule has 0 aliphatic carbocycles. The predicted molar refractivity (Wildman–Crippen MR) is 146 cm³/mol. The Morgan fingerprint density at radius 2 is 1.74 bits per heavy atom. The van der Waals surface area contributed by atoms with Gasteiger partial charge in [-0.3, -0.25) is 4.79 Å². The molecule has 5 nitrogen and oxygen atoms in total. The predicted octanol–water partition coefficient (Wildman–Crippen LogP) is 5.89. The minimum Gasteiger partial charge on any atom is -0.488 e. The number of halogens is 2. The molecule has 0 bridgehead atoms. The number of carbonyl (C=O) groups is 1. The third-order valence-corrected chi connectivity index (χ3v) is 6.83. The summed E-state index contributed by atoms with van der Waals surface area (Å²) in [5.41, 5.74) is 2.99. The number of anilines is 1. The van der Waals surface area contributed by atoms with Crippen molar-refractivity contribution in [2.45, 2.75) is 6.61 Å². The van der Waals surface area contributed by atoms with E-state index in [1.54, 1.807) is 11.0 Å². The summed E-state index contributed by atoms with van der Waals surface area (Å²) in [5, 5.41) is 9.78. The molecule has 3 aromatic carbocycles. The molecule has 0 atom stereocenters. The Bertz CT molecular complexity index is 1210. The molecule has 0 saturated carbocycles. The lowest BCUT2D eigenvalue weighted by Crippen LogP contribution is -2.49. The van der Waals surface area contributed by atoms with E-state index in [2.05, 4.69) is 61.6 Å². The van der Waals surface area contributed by atoms with Gasteiger partial charge in [-0.15, -0.1) is 0 Å². The summed E-state index contributed by atoms with van der Waals surface area (Å²) in [6.45, 7) is 3.00. The third kappa shape index (κ3) is 6.19. The molecule has 0 unspecified atom stereocenters. The fraction of sp³-hybridized carbons (Fsp3) is 0.185. The molecule has 1 aliphatic rings. The largest absolute Gasteiger partial charge is 0.488 e. The van der Waals surface area contributed by atoms with Gasteiger partial charge < -0.3 is 14.5 Å². The second-order valence-corrected chi connectivity index (χ2v) is 10.0. The smallest absolute Gasteiger partial charge is 0.264 e. The van der Waals surface area contributed by atoms with E-state index in [0.29, 0.717) is 31.0 Å². The lowest BCUT2D eigenvalue weighted by molar-refractivity contribution is -0.126. The molecule has 1 amide bonds. The molecule has 172 valence electrons. The number of piperazine rings is 1. The zero-order valence-corrected chi connectivity index (χ0v) is 22.2. The van der Waals surface area contributed by atoms with Crippen LogP contribution < -0.4 is 9.64 Å². The van der Waals surface area contributed by atoms with Crippen LogP contribution in [0.3, 0.4) is 0 Å². The number of carbonyl (C=O) groups excluding carboxylic acids is 1. The zero-order chi connectivity index (χ0) is 23.9. The number of hydrogen-bond acceptors (Lipinski definition) is 4. The second-order valence-electron chi connectivity index (χ2n) is 7.88. The van der Waals surface area contributed by atoms with Crippen LogP contribution >= 0.6 is 38.5 Å². The molecular weight excluding hydrogens is 605 g/mol. The second kappa shape index (κ2) is 11.5. The summed E-state index contributed by atoms with van der Waals surface area (Å²) < 4.78 is 8.05. The Morgan fingerprint density at radius 3 is 2.41 bits per heavy atom. The maximum atomic E-state index is 13.1. The number of amides is 1. The first-order valence-electron chi connectivity index (χ1n) is 10.9. The number of ether oxygens (including phenoxy) is 1. The topological polar surface area (TPSA) is 56.6 Å². The monoisotopic (exact) mass is 627 g/mol. The number of hydrogen-bond donors (Lipinski definition) is 0. The lowest BCUT2D eigenvalue weighted by atomic mass is 10.1. The summed E-state index contributed by atoms with van der Waals surface area (Å²) in [6, 6.07) is 26.0. The summed E-state index contributed by atoms with van der Waals surface area (Å²) in [6.07, 6.45) is 1.62. The standard InChI is InChI=1S/C27H23BrIN3O2/c28-23-8-11-26(34-19-20-6-9-24(29)10-7-20)21(17-23)16-22(18-30)27(33)32-14-12-31(13-15-32)25-4-2-1-3-5-25/h1-11,16-17H,12-15,19H2/b22-16-. The maximum Gasteiger partial charge on any atom is 0.264 e. The van der Waals surface area contributed by atoms with Crippen molar-refractivity contribution in [2.24, 2.45) is 0 Å². The van der Waals surface area contributed by atoms with Crippen molar-refractivity contribution >= 4 is 56.2 Å². The highest BCUT2D eigenvalue weighted by Crippen LogP contribution is 2.27. The quantitative estimate of drug-likeness (QED) is 0.194. The first kappa shape index (κ1) is 24.3. The van der Waals surface area contributed by atoms with Crippen molar-refractivity contribution in [2.75, 3.05) is 31.1 Å². The van der Waals surface area contributed by atoms with Gasteiger partial charge in [-0.05, 0) is 76.7 Å². The van der Waals surface area contributed by atoms with Crippen molar-refractivity contribution in [3.8, 4) is 11.8 Å². The average molecular weight is 628 g/mol. The summed E-state index contributed by atoms with van der Waals surface area (Å²) >= 11 is 5.75. The van der Waals surface area contributed by atoms with Crippen LogP contribution in [0.25, 0.3) is 6.08 Å². The Kier molecular flexibility index (Phi) is 8.25. The SMILES string of the molecule is N#C/C(=C/c1cc(Br)ccc1OCc1ccc(I)cc1)C(=O)N1CCN(c2ccccc2)CC1. The van der Waals surface area contributed by atoms with E-state index < -0.39 is 0 Å². The van der Waals surface area contributed by atoms with Gasteiger partial charge in [-0.1, -0.05) is 46.3 Å². The van der Waals surface area contributed by atoms with Gasteiger partial charge in [0.25, 0.3) is 5.91 Å². The van der Waals surface area contributed by atoms with Crippen LogP contribution in [0.1, 0.15) is 11.1 Å². The summed E-state index contributed by atoms with van der Waals surface area (Å²) in [7, 11) is 0. The molecule has 1 aliphatic heterocycles. The van der Waals surface area contributed by atoms with Gasteiger partial charge in [0.1, 0.15) is 24.0 Å². The first-order chi connectivity index (χ1) is 16.5. The molecule has 0 aromatic heterocycles. The van der Waals surface area contributed by atoms with Gasteiger partial charge in [0.05, 0.1) is 0 Å². The zero-order valence-electron chi connectivity index (χ0n) is 18.5. The molecule has 1 saturated heterocycles. The average Bonchev–Trinajstić information content (AvgIpc) is 2.88. The van der Waals surface area contributed by atoms with Crippen LogP contribution in [-0.4, -0.2) is 37.0 Å². The molecule has 3 aromatic rings. The number of nitrogens with zero attached hydrogens (tertiary/aromatic N) is 3. The Balaban J connectivity index is 1.47. The summed E-state index contributed by atoms with van der Waals surface area (Å²) in [4.78, 5) is 17.2. The number of nitriles is 1. The van der Waals surface area contributed by atoms with E-state index in [4.69, 9.17) is 4.74 Å². The van der Waals surface area contributed by atoms with Crippen molar-refractivity contribution in [3.05, 3.63) is 97.5 Å². The highest BCUT2D eigenvalue weighted by atomic mass is 127. The molecular formula is C27H23BrIN3O2. The van der Waals surface area contributed by atoms with Gasteiger partial charge in [0, 0.05) is 45.5 Å². The van der Waals surface area contributed by atoms with Gasteiger partial charge in [-0.2, -0.15) is 5.26 Å². The lowest BCUT2D eigenvalue weighted by Gasteiger charge is -2.36. The van der Waals surface area contributed by atoms with E-state index >= 15 is 0 Å². The fourth-order valence-corrected chi connectivity index (χ4v) is 4.52. The number of benzene rings is 3. The normalized spacial score (nSPS) is 14.0. The van der Waals surface area contributed by atoms with Crippen molar-refractivity contribution in [1.82, 2.24) is 4.90 Å². The van der Waals surface area contributed by atoms with E-state index in [1.807, 2.05) is 60.7 Å². The van der Waals surface area contributed by atoms with Crippen LogP contribution in [0, 0.1) is 14.9 Å².